The van der Waals surface area contributed by atoms with Gasteiger partial charge in [-0.25, -0.2) is 0 Å². The summed E-state index contributed by atoms with van der Waals surface area (Å²) in [5.41, 5.74) is 4.97. The van der Waals surface area contributed by atoms with Crippen LogP contribution in [0.4, 0.5) is 0 Å². The number of pyridine rings is 1. The molecule has 0 saturated heterocycles. The molecular weight excluding hydrogens is 272 g/mol. The van der Waals surface area contributed by atoms with Crippen molar-refractivity contribution in [1.29, 1.82) is 0 Å². The van der Waals surface area contributed by atoms with E-state index in [2.05, 4.69) is 10.5 Å². The third-order valence-electron chi connectivity index (χ3n) is 4.02. The summed E-state index contributed by atoms with van der Waals surface area (Å²) < 4.78 is 1.39. The van der Waals surface area contributed by atoms with Gasteiger partial charge in [0.2, 0.25) is 0 Å². The van der Waals surface area contributed by atoms with E-state index >= 15 is 0 Å². The normalized spacial score (nSPS) is 18.2. The number of amidine groups is 1. The number of nitrogens with one attached hydrogen (secondary N) is 1. The van der Waals surface area contributed by atoms with Gasteiger partial charge < -0.3 is 20.8 Å². The second kappa shape index (κ2) is 5.99. The van der Waals surface area contributed by atoms with Crippen molar-refractivity contribution in [1.82, 2.24) is 9.88 Å². The van der Waals surface area contributed by atoms with Crippen molar-refractivity contribution in [3.8, 4) is 0 Å². The molecule has 0 atom stereocenters. The Bertz CT molecular complexity index is 615. The van der Waals surface area contributed by atoms with Gasteiger partial charge in [-0.05, 0) is 18.9 Å². The van der Waals surface area contributed by atoms with Gasteiger partial charge in [0.15, 0.2) is 5.84 Å². The zero-order valence-electron chi connectivity index (χ0n) is 12.0. The van der Waals surface area contributed by atoms with Crippen molar-refractivity contribution < 1.29 is 10.0 Å². The minimum atomic E-state index is -0.828. The second-order valence-electron chi connectivity index (χ2n) is 5.45. The molecule has 0 aromatic carbocycles. The summed E-state index contributed by atoms with van der Waals surface area (Å²) >= 11 is 0. The Labute approximate surface area is 122 Å². The van der Waals surface area contributed by atoms with Gasteiger partial charge in [0.25, 0.3) is 11.5 Å². The first-order valence-corrected chi connectivity index (χ1v) is 6.96. The number of aryl methyl sites for hydroxylation is 1. The van der Waals surface area contributed by atoms with Crippen LogP contribution in [-0.2, 0) is 7.05 Å². The van der Waals surface area contributed by atoms with Gasteiger partial charge in [-0.15, -0.1) is 0 Å². The molecule has 0 aliphatic heterocycles. The Hall–Kier alpha value is -2.31. The number of amides is 1. The Morgan fingerprint density at radius 1 is 1.43 bits per heavy atom. The maximum Gasteiger partial charge on any atom is 0.252 e. The van der Waals surface area contributed by atoms with Crippen molar-refractivity contribution in [3.63, 3.8) is 0 Å². The molecule has 0 spiro atoms. The lowest BCUT2D eigenvalue weighted by Gasteiger charge is -2.36. The lowest BCUT2D eigenvalue weighted by atomic mass is 9.80. The molecule has 1 fully saturated rings. The highest BCUT2D eigenvalue weighted by Gasteiger charge is 2.38. The van der Waals surface area contributed by atoms with Crippen LogP contribution in [-0.4, -0.2) is 27.1 Å². The molecule has 21 heavy (non-hydrogen) atoms. The number of hydrogen-bond donors (Lipinski definition) is 3. The molecule has 7 nitrogen and oxygen atoms in total. The third-order valence-corrected chi connectivity index (χ3v) is 4.02. The minimum Gasteiger partial charge on any atom is -0.409 e. The molecule has 4 N–H and O–H groups in total. The monoisotopic (exact) mass is 292 g/mol. The lowest BCUT2D eigenvalue weighted by molar-refractivity contribution is 0.0905. The first kappa shape index (κ1) is 15.1. The molecule has 0 bridgehead atoms. The molecule has 1 aromatic heterocycles. The highest BCUT2D eigenvalue weighted by Crippen LogP contribution is 2.28. The van der Waals surface area contributed by atoms with E-state index in [9.17, 15) is 9.59 Å². The number of carbonyl (C=O) groups excluding carboxylic acids is 1. The first-order valence-electron chi connectivity index (χ1n) is 6.96. The van der Waals surface area contributed by atoms with E-state index in [0.717, 1.165) is 19.3 Å². The number of nitrogens with zero attached hydrogens (tertiary/aromatic N) is 2. The van der Waals surface area contributed by atoms with E-state index in [-0.39, 0.29) is 22.9 Å². The van der Waals surface area contributed by atoms with Crippen LogP contribution in [0.5, 0.6) is 0 Å². The molecule has 0 unspecified atom stereocenters. The average molecular weight is 292 g/mol. The number of carbonyl (C=O) groups is 1. The van der Waals surface area contributed by atoms with E-state index in [1.54, 1.807) is 13.1 Å². The number of rotatable bonds is 3. The van der Waals surface area contributed by atoms with Gasteiger partial charge in [-0.3, -0.25) is 9.59 Å². The molecule has 1 saturated carbocycles. The van der Waals surface area contributed by atoms with Crippen LogP contribution >= 0.6 is 0 Å². The molecule has 2 rings (SSSR count). The highest BCUT2D eigenvalue weighted by atomic mass is 16.4. The van der Waals surface area contributed by atoms with E-state index in [1.165, 1.54) is 16.8 Å². The molecule has 114 valence electrons. The Morgan fingerprint density at radius 3 is 2.67 bits per heavy atom. The Morgan fingerprint density at radius 2 is 2.10 bits per heavy atom. The fourth-order valence-electron chi connectivity index (χ4n) is 2.68. The number of aromatic nitrogens is 1. The van der Waals surface area contributed by atoms with Gasteiger partial charge in [0, 0.05) is 24.9 Å². The summed E-state index contributed by atoms with van der Waals surface area (Å²) in [6.45, 7) is 0. The summed E-state index contributed by atoms with van der Waals surface area (Å²) in [6, 6.07) is 2.84. The smallest absolute Gasteiger partial charge is 0.252 e. The molecule has 1 amide bonds. The lowest BCUT2D eigenvalue weighted by Crippen LogP contribution is -2.58. The zero-order valence-corrected chi connectivity index (χ0v) is 12.0. The second-order valence-corrected chi connectivity index (χ2v) is 5.45. The molecule has 1 heterocycles. The van der Waals surface area contributed by atoms with Crippen LogP contribution in [0.2, 0.25) is 0 Å². The minimum absolute atomic E-state index is 0.0133. The van der Waals surface area contributed by atoms with E-state index in [0.29, 0.717) is 12.8 Å². The SMILES string of the molecule is Cn1ccc(C(=O)NC2(/C(N)=N/O)CCCCC2)cc1=O. The van der Waals surface area contributed by atoms with Crippen LogP contribution in [0.1, 0.15) is 42.5 Å². The van der Waals surface area contributed by atoms with Gasteiger partial charge in [0.1, 0.15) is 5.54 Å². The van der Waals surface area contributed by atoms with Crippen molar-refractivity contribution in [2.45, 2.75) is 37.6 Å². The van der Waals surface area contributed by atoms with Crippen LogP contribution in [0.15, 0.2) is 28.3 Å². The molecular formula is C14H20N4O3. The predicted molar refractivity (Wildman–Crippen MR) is 78.4 cm³/mol. The zero-order chi connectivity index (χ0) is 15.5. The van der Waals surface area contributed by atoms with E-state index in [1.807, 2.05) is 0 Å². The van der Waals surface area contributed by atoms with E-state index < -0.39 is 5.54 Å². The van der Waals surface area contributed by atoms with Crippen molar-refractivity contribution in [2.24, 2.45) is 17.9 Å². The first-order chi connectivity index (χ1) is 9.98. The van der Waals surface area contributed by atoms with Crippen molar-refractivity contribution in [3.05, 3.63) is 34.2 Å². The third kappa shape index (κ3) is 3.07. The van der Waals surface area contributed by atoms with Crippen LogP contribution in [0, 0.1) is 0 Å². The van der Waals surface area contributed by atoms with E-state index in [4.69, 9.17) is 10.9 Å². The summed E-state index contributed by atoms with van der Waals surface area (Å²) in [7, 11) is 1.61. The quantitative estimate of drug-likeness (QED) is 0.327. The Balaban J connectivity index is 2.26. The van der Waals surface area contributed by atoms with Gasteiger partial charge in [-0.2, -0.15) is 0 Å². The largest absolute Gasteiger partial charge is 0.409 e. The summed E-state index contributed by atoms with van der Waals surface area (Å²) in [6.07, 6.45) is 5.63. The van der Waals surface area contributed by atoms with Gasteiger partial charge >= 0.3 is 0 Å². The molecule has 7 heteroatoms. The Kier molecular flexibility index (Phi) is 4.30. The van der Waals surface area contributed by atoms with Gasteiger partial charge in [-0.1, -0.05) is 24.4 Å². The summed E-state index contributed by atoms with van der Waals surface area (Å²) in [5.74, 6) is -0.374. The van der Waals surface area contributed by atoms with Crippen molar-refractivity contribution >= 4 is 11.7 Å². The molecule has 1 aliphatic carbocycles. The standard InChI is InChI=1S/C14H20N4O3/c1-18-8-5-10(9-11(18)19)12(20)16-14(13(15)17-21)6-3-2-4-7-14/h5,8-9,21H,2-4,6-7H2,1H3,(H2,15,17)(H,16,20). The number of nitrogens with two attached hydrogens (primary N) is 1. The fraction of sp³-hybridized carbons (Fsp3) is 0.500. The molecule has 0 radical (unpaired) electrons. The average Bonchev–Trinajstić information content (AvgIpc) is 2.50. The number of oxime groups is 1. The maximum absolute atomic E-state index is 12.4. The maximum atomic E-state index is 12.4. The van der Waals surface area contributed by atoms with Crippen LogP contribution in [0.3, 0.4) is 0 Å². The fourth-order valence-corrected chi connectivity index (χ4v) is 2.68. The van der Waals surface area contributed by atoms with Gasteiger partial charge in [0.05, 0.1) is 0 Å². The summed E-state index contributed by atoms with van der Waals surface area (Å²) in [5, 5.41) is 14.9. The molecule has 1 aromatic rings. The highest BCUT2D eigenvalue weighted by molar-refractivity contribution is 6.00. The predicted octanol–water partition coefficient (Wildman–Crippen LogP) is 0.564. The summed E-state index contributed by atoms with van der Waals surface area (Å²) in [4.78, 5) is 24.0. The molecule has 1 aliphatic rings. The topological polar surface area (TPSA) is 110 Å². The van der Waals surface area contributed by atoms with Crippen LogP contribution < -0.4 is 16.6 Å². The van der Waals surface area contributed by atoms with Crippen molar-refractivity contribution in [2.75, 3.05) is 0 Å². The number of hydrogen-bond acceptors (Lipinski definition) is 4. The van der Waals surface area contributed by atoms with Crippen LogP contribution in [0.25, 0.3) is 0 Å².